The number of nitrogens with zero attached hydrogens (tertiary/aromatic N) is 4. The van der Waals surface area contributed by atoms with Crippen molar-refractivity contribution >= 4 is 6.03 Å². The van der Waals surface area contributed by atoms with Crippen molar-refractivity contribution in [1.82, 2.24) is 24.7 Å². The van der Waals surface area contributed by atoms with Crippen LogP contribution in [0.25, 0.3) is 0 Å². The first-order valence-corrected chi connectivity index (χ1v) is 8.79. The number of hydrogen-bond donors (Lipinski definition) is 1. The molecule has 1 saturated heterocycles. The van der Waals surface area contributed by atoms with E-state index in [0.717, 1.165) is 26.1 Å². The minimum Gasteiger partial charge on any atom is -0.372 e. The molecule has 0 aliphatic carbocycles. The van der Waals surface area contributed by atoms with Crippen molar-refractivity contribution in [3.05, 3.63) is 18.7 Å². The molecule has 0 bridgehead atoms. The Bertz CT molecular complexity index is 516. The summed E-state index contributed by atoms with van der Waals surface area (Å²) in [5.74, 6) is 0. The Morgan fingerprint density at radius 3 is 2.58 bits per heavy atom. The molecule has 0 atom stereocenters. The monoisotopic (exact) mass is 377 g/mol. The summed E-state index contributed by atoms with van der Waals surface area (Å²) < 4.78 is 42.4. The Balaban J connectivity index is 1.50. The topological polar surface area (TPSA) is 62.6 Å². The number of nitrogens with one attached hydrogen (secondary N) is 1. The van der Waals surface area contributed by atoms with E-state index >= 15 is 0 Å². The van der Waals surface area contributed by atoms with Crippen LogP contribution in [0.3, 0.4) is 0 Å². The van der Waals surface area contributed by atoms with Crippen LogP contribution in [0.5, 0.6) is 0 Å². The second kappa shape index (κ2) is 10.4. The van der Waals surface area contributed by atoms with Crippen molar-refractivity contribution in [2.45, 2.75) is 25.6 Å². The van der Waals surface area contributed by atoms with Crippen LogP contribution in [0.4, 0.5) is 18.0 Å². The van der Waals surface area contributed by atoms with Gasteiger partial charge in [0.1, 0.15) is 6.61 Å². The maximum absolute atomic E-state index is 12.1. The molecule has 0 spiro atoms. The number of ether oxygens (including phenoxy) is 1. The summed E-state index contributed by atoms with van der Waals surface area (Å²) in [6.45, 7) is 3.69. The Morgan fingerprint density at radius 2 is 1.92 bits per heavy atom. The van der Waals surface area contributed by atoms with Crippen molar-refractivity contribution in [3.8, 4) is 0 Å². The van der Waals surface area contributed by atoms with Gasteiger partial charge in [0, 0.05) is 64.8 Å². The maximum Gasteiger partial charge on any atom is 0.411 e. The molecule has 0 aromatic carbocycles. The van der Waals surface area contributed by atoms with Gasteiger partial charge in [-0.1, -0.05) is 0 Å². The van der Waals surface area contributed by atoms with E-state index in [4.69, 9.17) is 0 Å². The molecule has 1 aromatic heterocycles. The molecule has 10 heteroatoms. The highest BCUT2D eigenvalue weighted by Gasteiger charge is 2.27. The Morgan fingerprint density at radius 1 is 1.15 bits per heavy atom. The predicted molar refractivity (Wildman–Crippen MR) is 89.7 cm³/mol. The SMILES string of the molecule is O=C(NCCCn1ccnc1)N1CCN(CCCOCC(F)(F)F)CC1. The van der Waals surface area contributed by atoms with E-state index in [-0.39, 0.29) is 12.6 Å². The summed E-state index contributed by atoms with van der Waals surface area (Å²) in [5.41, 5.74) is 0. The van der Waals surface area contributed by atoms with Crippen molar-refractivity contribution in [1.29, 1.82) is 0 Å². The highest BCUT2D eigenvalue weighted by atomic mass is 19.4. The number of halogens is 3. The highest BCUT2D eigenvalue weighted by molar-refractivity contribution is 5.74. The first-order chi connectivity index (χ1) is 12.4. The molecule has 2 amide bonds. The Kier molecular flexibility index (Phi) is 8.17. The zero-order chi connectivity index (χ0) is 18.8. The van der Waals surface area contributed by atoms with Crippen molar-refractivity contribution in [3.63, 3.8) is 0 Å². The number of imidazole rings is 1. The fourth-order valence-electron chi connectivity index (χ4n) is 2.74. The van der Waals surface area contributed by atoms with Crippen LogP contribution in [-0.4, -0.2) is 84.0 Å². The third-order valence-corrected chi connectivity index (χ3v) is 4.12. The van der Waals surface area contributed by atoms with Crippen LogP contribution in [0.15, 0.2) is 18.7 Å². The molecule has 1 aromatic rings. The van der Waals surface area contributed by atoms with E-state index in [1.165, 1.54) is 0 Å². The van der Waals surface area contributed by atoms with Crippen LogP contribution in [0.2, 0.25) is 0 Å². The van der Waals surface area contributed by atoms with Gasteiger partial charge in [-0.15, -0.1) is 0 Å². The molecule has 7 nitrogen and oxygen atoms in total. The van der Waals surface area contributed by atoms with E-state index in [9.17, 15) is 18.0 Å². The average molecular weight is 377 g/mol. The van der Waals surface area contributed by atoms with Gasteiger partial charge in [0.2, 0.25) is 0 Å². The van der Waals surface area contributed by atoms with Crippen LogP contribution >= 0.6 is 0 Å². The average Bonchev–Trinajstić information content (AvgIpc) is 3.11. The molecule has 0 saturated carbocycles. The summed E-state index contributed by atoms with van der Waals surface area (Å²) in [7, 11) is 0. The van der Waals surface area contributed by atoms with E-state index in [1.807, 2.05) is 10.8 Å². The van der Waals surface area contributed by atoms with Crippen molar-refractivity contribution in [2.24, 2.45) is 0 Å². The number of alkyl halides is 3. The van der Waals surface area contributed by atoms with Crippen LogP contribution in [0, 0.1) is 0 Å². The van der Waals surface area contributed by atoms with Crippen molar-refractivity contribution in [2.75, 3.05) is 52.5 Å². The number of amides is 2. The largest absolute Gasteiger partial charge is 0.411 e. The lowest BCUT2D eigenvalue weighted by molar-refractivity contribution is -0.174. The van der Waals surface area contributed by atoms with Gasteiger partial charge in [0.15, 0.2) is 0 Å². The third-order valence-electron chi connectivity index (χ3n) is 4.12. The maximum atomic E-state index is 12.1. The fourth-order valence-corrected chi connectivity index (χ4v) is 2.74. The quantitative estimate of drug-likeness (QED) is 0.664. The predicted octanol–water partition coefficient (Wildman–Crippen LogP) is 1.57. The molecule has 0 unspecified atom stereocenters. The van der Waals surface area contributed by atoms with Crippen LogP contribution in [0.1, 0.15) is 12.8 Å². The van der Waals surface area contributed by atoms with Gasteiger partial charge in [-0.3, -0.25) is 4.90 Å². The number of rotatable bonds is 9. The highest BCUT2D eigenvalue weighted by Crippen LogP contribution is 2.14. The first kappa shape index (κ1) is 20.5. The molecular formula is C16H26F3N5O2. The molecule has 26 heavy (non-hydrogen) atoms. The summed E-state index contributed by atoms with van der Waals surface area (Å²) in [5, 5.41) is 2.91. The first-order valence-electron chi connectivity index (χ1n) is 8.79. The fraction of sp³-hybridized carbons (Fsp3) is 0.750. The lowest BCUT2D eigenvalue weighted by atomic mass is 10.3. The normalized spacial score (nSPS) is 16.0. The molecular weight excluding hydrogens is 351 g/mol. The number of aryl methyl sites for hydroxylation is 1. The zero-order valence-corrected chi connectivity index (χ0v) is 14.7. The van der Waals surface area contributed by atoms with E-state index < -0.39 is 12.8 Å². The number of carbonyl (C=O) groups excluding carboxylic acids is 1. The summed E-state index contributed by atoms with van der Waals surface area (Å²) in [4.78, 5) is 20.0. The molecule has 1 N–H and O–H groups in total. The molecule has 2 rings (SSSR count). The Labute approximate surface area is 151 Å². The van der Waals surface area contributed by atoms with Gasteiger partial charge in [0.05, 0.1) is 6.33 Å². The molecule has 1 aliphatic heterocycles. The van der Waals surface area contributed by atoms with Crippen molar-refractivity contribution < 1.29 is 22.7 Å². The van der Waals surface area contributed by atoms with Gasteiger partial charge >= 0.3 is 12.2 Å². The number of urea groups is 1. The second-order valence-corrected chi connectivity index (χ2v) is 6.24. The minimum absolute atomic E-state index is 0.0659. The lowest BCUT2D eigenvalue weighted by Crippen LogP contribution is -2.52. The molecule has 0 radical (unpaired) electrons. The van der Waals surface area contributed by atoms with Gasteiger partial charge in [-0.2, -0.15) is 13.2 Å². The smallest absolute Gasteiger partial charge is 0.372 e. The van der Waals surface area contributed by atoms with Gasteiger partial charge in [-0.25, -0.2) is 9.78 Å². The minimum atomic E-state index is -4.27. The third kappa shape index (κ3) is 8.05. The van der Waals surface area contributed by atoms with E-state index in [1.54, 1.807) is 17.4 Å². The molecule has 148 valence electrons. The van der Waals surface area contributed by atoms with Gasteiger partial charge in [-0.05, 0) is 12.8 Å². The summed E-state index contributed by atoms with van der Waals surface area (Å²) >= 11 is 0. The van der Waals surface area contributed by atoms with Gasteiger partial charge < -0.3 is 19.5 Å². The standard InChI is InChI=1S/C16H26F3N5O2/c17-16(18,19)13-26-12-2-6-22-8-10-24(11-9-22)15(25)21-3-1-5-23-7-4-20-14-23/h4,7,14H,1-3,5-6,8-13H2,(H,21,25). The zero-order valence-electron chi connectivity index (χ0n) is 14.7. The summed E-state index contributed by atoms with van der Waals surface area (Å²) in [6.07, 6.45) is 2.47. The van der Waals surface area contributed by atoms with Crippen LogP contribution < -0.4 is 5.32 Å². The van der Waals surface area contributed by atoms with Gasteiger partial charge in [0.25, 0.3) is 0 Å². The molecule has 2 heterocycles. The van der Waals surface area contributed by atoms with E-state index in [2.05, 4.69) is 19.9 Å². The van der Waals surface area contributed by atoms with Crippen LogP contribution in [-0.2, 0) is 11.3 Å². The molecule has 1 aliphatic rings. The molecule has 1 fully saturated rings. The summed E-state index contributed by atoms with van der Waals surface area (Å²) in [6, 6.07) is -0.0659. The number of hydrogen-bond acceptors (Lipinski definition) is 4. The second-order valence-electron chi connectivity index (χ2n) is 6.24. The number of carbonyl (C=O) groups is 1. The lowest BCUT2D eigenvalue weighted by Gasteiger charge is -2.34. The van der Waals surface area contributed by atoms with E-state index in [0.29, 0.717) is 32.6 Å². The number of aromatic nitrogens is 2. The number of piperazine rings is 1. The Hall–Kier alpha value is -1.81.